The Morgan fingerprint density at radius 2 is 1.88 bits per heavy atom. The Bertz CT molecular complexity index is 714. The highest BCUT2D eigenvalue weighted by atomic mass is 35.5. The van der Waals surface area contributed by atoms with Crippen LogP contribution >= 0.6 is 11.6 Å². The molecule has 0 saturated heterocycles. The van der Waals surface area contributed by atoms with Gasteiger partial charge in [0.1, 0.15) is 6.54 Å². The summed E-state index contributed by atoms with van der Waals surface area (Å²) in [4.78, 5) is 14.5. The van der Waals surface area contributed by atoms with Crippen molar-refractivity contribution in [2.75, 3.05) is 29.9 Å². The number of amides is 1. The first-order valence-electron chi connectivity index (χ1n) is 8.75. The average molecular weight is 361 g/mol. The predicted molar refractivity (Wildman–Crippen MR) is 105 cm³/mol. The van der Waals surface area contributed by atoms with Crippen molar-refractivity contribution < 1.29 is 10.1 Å². The van der Waals surface area contributed by atoms with Gasteiger partial charge in [-0.3, -0.25) is 4.79 Å². The van der Waals surface area contributed by atoms with Gasteiger partial charge in [0.2, 0.25) is 0 Å². The number of nitrogens with two attached hydrogens (primary N) is 1. The van der Waals surface area contributed by atoms with E-state index in [2.05, 4.69) is 36.2 Å². The van der Waals surface area contributed by atoms with Crippen LogP contribution in [0.2, 0.25) is 5.02 Å². The number of nitrogens with one attached hydrogen (secondary N) is 1. The average Bonchev–Trinajstić information content (AvgIpc) is 2.60. The summed E-state index contributed by atoms with van der Waals surface area (Å²) in [6, 6.07) is 13.9. The van der Waals surface area contributed by atoms with Crippen molar-refractivity contribution >= 4 is 28.9 Å². The summed E-state index contributed by atoms with van der Waals surface area (Å²) in [7, 11) is 0. The van der Waals surface area contributed by atoms with Crippen molar-refractivity contribution in [1.29, 1.82) is 0 Å². The fourth-order valence-electron chi connectivity index (χ4n) is 2.80. The number of rotatable bonds is 8. The topological polar surface area (TPSA) is 49.0 Å². The van der Waals surface area contributed by atoms with Gasteiger partial charge in [-0.1, -0.05) is 29.8 Å². The number of quaternary nitrogens is 1. The van der Waals surface area contributed by atoms with Crippen molar-refractivity contribution in [3.63, 3.8) is 0 Å². The number of carbonyl (C=O) groups is 1. The molecular formula is C20H27ClN3O+. The van der Waals surface area contributed by atoms with Gasteiger partial charge in [-0.05, 0) is 50.6 Å². The summed E-state index contributed by atoms with van der Waals surface area (Å²) in [5.41, 5.74) is 4.17. The van der Waals surface area contributed by atoms with Crippen LogP contribution in [0, 0.1) is 6.92 Å². The zero-order valence-electron chi connectivity index (χ0n) is 15.2. The first kappa shape index (κ1) is 19.3. The van der Waals surface area contributed by atoms with Gasteiger partial charge >= 0.3 is 0 Å². The Kier molecular flexibility index (Phi) is 7.29. The van der Waals surface area contributed by atoms with Crippen molar-refractivity contribution in [1.82, 2.24) is 0 Å². The molecule has 2 rings (SSSR count). The highest BCUT2D eigenvalue weighted by Gasteiger charge is 2.10. The molecule has 0 aliphatic carbocycles. The van der Waals surface area contributed by atoms with Crippen LogP contribution in [0.4, 0.5) is 11.4 Å². The second-order valence-corrected chi connectivity index (χ2v) is 6.42. The molecule has 0 spiro atoms. The SMILES string of the molecule is CCN(CC)c1ccc(NC(=O)C[NH2+]Cc2ccccc2Cl)c(C)c1. The van der Waals surface area contributed by atoms with E-state index in [4.69, 9.17) is 11.6 Å². The molecule has 134 valence electrons. The second kappa shape index (κ2) is 9.44. The fourth-order valence-corrected chi connectivity index (χ4v) is 3.01. The lowest BCUT2D eigenvalue weighted by atomic mass is 10.1. The van der Waals surface area contributed by atoms with Crippen LogP contribution in [0.1, 0.15) is 25.0 Å². The minimum atomic E-state index is -0.00857. The third-order valence-electron chi connectivity index (χ3n) is 4.26. The molecule has 1 amide bonds. The normalized spacial score (nSPS) is 10.6. The molecule has 0 heterocycles. The number of halogens is 1. The maximum absolute atomic E-state index is 12.2. The van der Waals surface area contributed by atoms with Crippen LogP contribution in [0.3, 0.4) is 0 Å². The van der Waals surface area contributed by atoms with Gasteiger partial charge in [0.15, 0.2) is 6.54 Å². The van der Waals surface area contributed by atoms with E-state index >= 15 is 0 Å². The minimum Gasteiger partial charge on any atom is -0.372 e. The van der Waals surface area contributed by atoms with Gasteiger partial charge in [-0.2, -0.15) is 0 Å². The number of nitrogens with zero attached hydrogens (tertiary/aromatic N) is 1. The number of aryl methyl sites for hydroxylation is 1. The highest BCUT2D eigenvalue weighted by Crippen LogP contribution is 2.22. The third kappa shape index (κ3) is 5.48. The lowest BCUT2D eigenvalue weighted by molar-refractivity contribution is -0.659. The number of anilines is 2. The van der Waals surface area contributed by atoms with E-state index in [0.717, 1.165) is 34.9 Å². The molecule has 25 heavy (non-hydrogen) atoms. The summed E-state index contributed by atoms with van der Waals surface area (Å²) in [6.07, 6.45) is 0. The maximum Gasteiger partial charge on any atom is 0.279 e. The Hall–Kier alpha value is -2.04. The maximum atomic E-state index is 12.2. The summed E-state index contributed by atoms with van der Waals surface area (Å²) in [5.74, 6) is -0.00857. The van der Waals surface area contributed by atoms with Crippen molar-refractivity contribution in [2.45, 2.75) is 27.3 Å². The molecule has 0 radical (unpaired) electrons. The summed E-state index contributed by atoms with van der Waals surface area (Å²) >= 11 is 6.13. The minimum absolute atomic E-state index is 0.00857. The molecule has 0 aliphatic heterocycles. The molecule has 2 aromatic carbocycles. The molecule has 2 aromatic rings. The van der Waals surface area contributed by atoms with Gasteiger partial charge < -0.3 is 15.5 Å². The van der Waals surface area contributed by atoms with Crippen molar-refractivity contribution in [3.05, 3.63) is 58.6 Å². The lowest BCUT2D eigenvalue weighted by Crippen LogP contribution is -2.84. The number of hydrogen-bond acceptors (Lipinski definition) is 2. The summed E-state index contributed by atoms with van der Waals surface area (Å²) in [5, 5.41) is 5.68. The van der Waals surface area contributed by atoms with Crippen LogP contribution in [-0.2, 0) is 11.3 Å². The smallest absolute Gasteiger partial charge is 0.279 e. The van der Waals surface area contributed by atoms with Crippen LogP contribution in [0.25, 0.3) is 0 Å². The molecule has 0 unspecified atom stereocenters. The first-order valence-corrected chi connectivity index (χ1v) is 9.13. The van der Waals surface area contributed by atoms with Gasteiger partial charge in [0.25, 0.3) is 5.91 Å². The van der Waals surface area contributed by atoms with Crippen LogP contribution in [-0.4, -0.2) is 25.5 Å². The number of carbonyl (C=O) groups excluding carboxylic acids is 1. The fraction of sp³-hybridized carbons (Fsp3) is 0.350. The van der Waals surface area contributed by atoms with Gasteiger partial charge in [0.05, 0.1) is 0 Å². The zero-order chi connectivity index (χ0) is 18.2. The molecular weight excluding hydrogens is 334 g/mol. The van der Waals surface area contributed by atoms with Crippen molar-refractivity contribution in [3.8, 4) is 0 Å². The van der Waals surface area contributed by atoms with Crippen molar-refractivity contribution in [2.24, 2.45) is 0 Å². The highest BCUT2D eigenvalue weighted by molar-refractivity contribution is 6.31. The largest absolute Gasteiger partial charge is 0.372 e. The Balaban J connectivity index is 1.89. The first-order chi connectivity index (χ1) is 12.0. The second-order valence-electron chi connectivity index (χ2n) is 6.01. The molecule has 3 N–H and O–H groups in total. The monoisotopic (exact) mass is 360 g/mol. The number of hydrogen-bond donors (Lipinski definition) is 2. The number of benzene rings is 2. The standard InChI is InChI=1S/C20H26ClN3O/c1-4-24(5-2)17-10-11-19(15(3)12-17)23-20(25)14-22-13-16-8-6-7-9-18(16)21/h6-12,22H,4-5,13-14H2,1-3H3,(H,23,25)/p+1. The molecule has 5 heteroatoms. The van der Waals surface area contributed by atoms with E-state index < -0.39 is 0 Å². The van der Waals surface area contributed by atoms with Crippen LogP contribution in [0.15, 0.2) is 42.5 Å². The van der Waals surface area contributed by atoms with E-state index in [1.165, 1.54) is 5.69 Å². The third-order valence-corrected chi connectivity index (χ3v) is 4.63. The molecule has 0 aliphatic rings. The summed E-state index contributed by atoms with van der Waals surface area (Å²) in [6.45, 7) is 9.30. The molecule has 0 atom stereocenters. The van der Waals surface area contributed by atoms with E-state index in [1.54, 1.807) is 0 Å². The molecule has 0 bridgehead atoms. The lowest BCUT2D eigenvalue weighted by Gasteiger charge is -2.22. The molecule has 0 saturated carbocycles. The van der Waals surface area contributed by atoms with Gasteiger partial charge in [-0.15, -0.1) is 0 Å². The zero-order valence-corrected chi connectivity index (χ0v) is 15.9. The predicted octanol–water partition coefficient (Wildman–Crippen LogP) is 3.20. The Morgan fingerprint density at radius 3 is 2.52 bits per heavy atom. The van der Waals surface area contributed by atoms with E-state index in [0.29, 0.717) is 13.1 Å². The van der Waals surface area contributed by atoms with E-state index in [1.807, 2.05) is 42.6 Å². The Morgan fingerprint density at radius 1 is 1.16 bits per heavy atom. The molecule has 0 fully saturated rings. The van der Waals surface area contributed by atoms with E-state index in [-0.39, 0.29) is 5.91 Å². The van der Waals surface area contributed by atoms with E-state index in [9.17, 15) is 4.79 Å². The molecule has 4 nitrogen and oxygen atoms in total. The molecule has 0 aromatic heterocycles. The van der Waals surface area contributed by atoms with Gasteiger partial charge in [-0.25, -0.2) is 0 Å². The quantitative estimate of drug-likeness (QED) is 0.759. The summed E-state index contributed by atoms with van der Waals surface area (Å²) < 4.78 is 0. The van der Waals surface area contributed by atoms with Crippen LogP contribution < -0.4 is 15.5 Å². The van der Waals surface area contributed by atoms with Gasteiger partial charge in [0, 0.05) is 35.1 Å². The Labute approximate surface area is 155 Å². The van der Waals surface area contributed by atoms with Crippen LogP contribution in [0.5, 0.6) is 0 Å².